The quantitative estimate of drug-likeness (QED) is 0.415. The van der Waals surface area contributed by atoms with Crippen LogP contribution in [0.15, 0.2) is 5.16 Å². The minimum atomic E-state index is -0.298. The van der Waals surface area contributed by atoms with Crippen molar-refractivity contribution in [1.82, 2.24) is 0 Å². The minimum absolute atomic E-state index is 0.132. The van der Waals surface area contributed by atoms with Gasteiger partial charge in [-0.25, -0.2) is 0 Å². The van der Waals surface area contributed by atoms with Gasteiger partial charge >= 0.3 is 0 Å². The largest absolute Gasteiger partial charge is 0.398 e. The molecule has 0 saturated heterocycles. The van der Waals surface area contributed by atoms with Crippen molar-refractivity contribution in [3.63, 3.8) is 0 Å². The van der Waals surface area contributed by atoms with Gasteiger partial charge in [-0.2, -0.15) is 0 Å². The molecule has 0 aromatic carbocycles. The molecule has 0 saturated carbocycles. The van der Waals surface area contributed by atoms with Gasteiger partial charge in [0.15, 0.2) is 5.78 Å². The van der Waals surface area contributed by atoms with E-state index in [2.05, 4.69) is 9.99 Å². The zero-order valence-corrected chi connectivity index (χ0v) is 5.40. The molecule has 0 aromatic rings. The van der Waals surface area contributed by atoms with Crippen molar-refractivity contribution in [3.05, 3.63) is 0 Å². The smallest absolute Gasteiger partial charge is 0.211 e. The molecule has 0 aliphatic rings. The van der Waals surface area contributed by atoms with Gasteiger partial charge in [0.2, 0.25) is 5.17 Å². The molecule has 3 nitrogen and oxygen atoms in total. The molecular formula is C4H6ClNO2. The van der Waals surface area contributed by atoms with Gasteiger partial charge in [-0.3, -0.25) is 4.79 Å². The van der Waals surface area contributed by atoms with Crippen LogP contribution in [0.3, 0.4) is 0 Å². The van der Waals surface area contributed by atoms with Gasteiger partial charge in [0.05, 0.1) is 0 Å². The highest BCUT2D eigenvalue weighted by Gasteiger charge is 1.98. The summed E-state index contributed by atoms with van der Waals surface area (Å²) < 4.78 is 0. The summed E-state index contributed by atoms with van der Waals surface area (Å²) in [6.07, 6.45) is 0. The maximum Gasteiger partial charge on any atom is 0.211 e. The standard InChI is InChI=1S/C4H6ClNO2/c1-3(7)4(5)6-8-2/h1-2H3. The van der Waals surface area contributed by atoms with Gasteiger partial charge in [-0.15, -0.1) is 0 Å². The molecule has 0 rings (SSSR count). The first-order valence-electron chi connectivity index (χ1n) is 1.96. The van der Waals surface area contributed by atoms with Gasteiger partial charge in [-0.05, 0) is 0 Å². The topological polar surface area (TPSA) is 38.7 Å². The number of carbonyl (C=O) groups is 1. The Kier molecular flexibility index (Phi) is 3.19. The zero-order chi connectivity index (χ0) is 6.57. The lowest BCUT2D eigenvalue weighted by Gasteiger charge is -1.86. The van der Waals surface area contributed by atoms with Crippen molar-refractivity contribution >= 4 is 22.6 Å². The number of halogens is 1. The summed E-state index contributed by atoms with van der Waals surface area (Å²) in [6, 6.07) is 0. The summed E-state index contributed by atoms with van der Waals surface area (Å²) in [7, 11) is 1.32. The average Bonchev–Trinajstić information content (AvgIpc) is 1.67. The Morgan fingerprint density at radius 3 is 2.38 bits per heavy atom. The lowest BCUT2D eigenvalue weighted by molar-refractivity contribution is -0.111. The molecule has 0 spiro atoms. The third-order valence-electron chi connectivity index (χ3n) is 0.462. The average molecular weight is 136 g/mol. The molecule has 0 unspecified atom stereocenters. The molecule has 4 heteroatoms. The van der Waals surface area contributed by atoms with Gasteiger partial charge in [0, 0.05) is 6.92 Å². The third kappa shape index (κ3) is 2.58. The van der Waals surface area contributed by atoms with E-state index in [-0.39, 0.29) is 11.0 Å². The van der Waals surface area contributed by atoms with Crippen LogP contribution in [0, 0.1) is 0 Å². The summed E-state index contributed by atoms with van der Waals surface area (Å²) in [5.41, 5.74) is 0. The van der Waals surface area contributed by atoms with Crippen LogP contribution in [0.5, 0.6) is 0 Å². The second-order valence-electron chi connectivity index (χ2n) is 1.12. The van der Waals surface area contributed by atoms with Crippen LogP contribution >= 0.6 is 11.6 Å². The van der Waals surface area contributed by atoms with E-state index in [9.17, 15) is 4.79 Å². The number of oxime groups is 1. The Balaban J connectivity index is 3.80. The number of carbonyl (C=O) groups excluding carboxylic acids is 1. The van der Waals surface area contributed by atoms with Crippen molar-refractivity contribution in [3.8, 4) is 0 Å². The number of rotatable bonds is 2. The number of nitrogens with zero attached hydrogens (tertiary/aromatic N) is 1. The molecule has 8 heavy (non-hydrogen) atoms. The molecule has 0 aliphatic heterocycles. The Morgan fingerprint density at radius 1 is 1.75 bits per heavy atom. The highest BCUT2D eigenvalue weighted by Crippen LogP contribution is 1.86. The van der Waals surface area contributed by atoms with Crippen molar-refractivity contribution in [1.29, 1.82) is 0 Å². The van der Waals surface area contributed by atoms with E-state index < -0.39 is 0 Å². The molecule has 0 bridgehead atoms. The minimum Gasteiger partial charge on any atom is -0.398 e. The normalized spacial score (nSPS) is 11.1. The van der Waals surface area contributed by atoms with Crippen LogP contribution < -0.4 is 0 Å². The predicted molar refractivity (Wildman–Crippen MR) is 31.0 cm³/mol. The lowest BCUT2D eigenvalue weighted by atomic mass is 10.5. The molecule has 0 atom stereocenters. The van der Waals surface area contributed by atoms with Crippen LogP contribution in [-0.4, -0.2) is 18.1 Å². The summed E-state index contributed by atoms with van der Waals surface area (Å²) in [5.74, 6) is -0.298. The SMILES string of the molecule is CON=C(Cl)C(C)=O. The van der Waals surface area contributed by atoms with Crippen molar-refractivity contribution < 1.29 is 9.63 Å². The van der Waals surface area contributed by atoms with E-state index in [4.69, 9.17) is 11.6 Å². The fourth-order valence-electron chi connectivity index (χ4n) is 0.144. The first-order chi connectivity index (χ1) is 3.68. The highest BCUT2D eigenvalue weighted by molar-refractivity contribution is 6.82. The fraction of sp³-hybridized carbons (Fsp3) is 0.500. The van der Waals surface area contributed by atoms with Crippen LogP contribution in [-0.2, 0) is 9.63 Å². The molecule has 46 valence electrons. The van der Waals surface area contributed by atoms with Crippen LogP contribution in [0.4, 0.5) is 0 Å². The van der Waals surface area contributed by atoms with Crippen LogP contribution in [0.2, 0.25) is 0 Å². The molecule has 0 fully saturated rings. The van der Waals surface area contributed by atoms with E-state index in [1.54, 1.807) is 0 Å². The van der Waals surface area contributed by atoms with E-state index in [0.717, 1.165) is 0 Å². The van der Waals surface area contributed by atoms with E-state index in [1.807, 2.05) is 0 Å². The van der Waals surface area contributed by atoms with Gasteiger partial charge in [0.25, 0.3) is 0 Å². The summed E-state index contributed by atoms with van der Waals surface area (Å²) in [6.45, 7) is 1.31. The van der Waals surface area contributed by atoms with Crippen LogP contribution in [0.1, 0.15) is 6.92 Å². The second-order valence-corrected chi connectivity index (χ2v) is 1.48. The Bertz CT molecular complexity index is 121. The molecular weight excluding hydrogens is 130 g/mol. The Labute approximate surface area is 52.3 Å². The molecule has 0 N–H and O–H groups in total. The van der Waals surface area contributed by atoms with Crippen molar-refractivity contribution in [2.24, 2.45) is 5.16 Å². The van der Waals surface area contributed by atoms with Gasteiger partial charge in [-0.1, -0.05) is 16.8 Å². The third-order valence-corrected chi connectivity index (χ3v) is 0.797. The fourth-order valence-corrected chi connectivity index (χ4v) is 0.213. The van der Waals surface area contributed by atoms with Gasteiger partial charge < -0.3 is 4.84 Å². The number of ketones is 1. The molecule has 0 aromatic heterocycles. The molecule has 0 aliphatic carbocycles. The molecule has 0 amide bonds. The van der Waals surface area contributed by atoms with Crippen LogP contribution in [0.25, 0.3) is 0 Å². The summed E-state index contributed by atoms with van der Waals surface area (Å²) >= 11 is 5.19. The van der Waals surface area contributed by atoms with Crippen molar-refractivity contribution in [2.75, 3.05) is 7.11 Å². The number of hydrogen-bond acceptors (Lipinski definition) is 3. The van der Waals surface area contributed by atoms with E-state index in [1.165, 1.54) is 14.0 Å². The lowest BCUT2D eigenvalue weighted by Crippen LogP contribution is -2.00. The van der Waals surface area contributed by atoms with E-state index >= 15 is 0 Å². The summed E-state index contributed by atoms with van der Waals surface area (Å²) in [5, 5.41) is 3.02. The zero-order valence-electron chi connectivity index (χ0n) is 4.64. The number of hydrogen-bond donors (Lipinski definition) is 0. The monoisotopic (exact) mass is 135 g/mol. The Morgan fingerprint density at radius 2 is 2.25 bits per heavy atom. The maximum absolute atomic E-state index is 10.2. The Hall–Kier alpha value is -0.570. The maximum atomic E-state index is 10.2. The van der Waals surface area contributed by atoms with E-state index in [0.29, 0.717) is 0 Å². The number of Topliss-reactive ketones (excluding diaryl/α,β-unsaturated/α-hetero) is 1. The highest BCUT2D eigenvalue weighted by atomic mass is 35.5. The second kappa shape index (κ2) is 3.43. The first kappa shape index (κ1) is 7.43. The van der Waals surface area contributed by atoms with Crippen molar-refractivity contribution in [2.45, 2.75) is 6.92 Å². The summed E-state index contributed by atoms with van der Waals surface area (Å²) in [4.78, 5) is 14.4. The molecule has 0 heterocycles. The van der Waals surface area contributed by atoms with Gasteiger partial charge in [0.1, 0.15) is 7.11 Å². The predicted octanol–water partition coefficient (Wildman–Crippen LogP) is 0.774. The first-order valence-corrected chi connectivity index (χ1v) is 2.34. The molecule has 0 radical (unpaired) electrons.